The zero-order chi connectivity index (χ0) is 17.6. The molecule has 6 nitrogen and oxygen atoms in total. The van der Waals surface area contributed by atoms with E-state index in [4.69, 9.17) is 9.47 Å². The molecule has 0 aliphatic carbocycles. The van der Waals surface area contributed by atoms with Crippen LogP contribution in [-0.2, 0) is 11.3 Å². The lowest BCUT2D eigenvalue weighted by Gasteiger charge is -2.26. The summed E-state index contributed by atoms with van der Waals surface area (Å²) in [6.45, 7) is 9.09. The van der Waals surface area contributed by atoms with Crippen molar-refractivity contribution < 1.29 is 14.6 Å². The van der Waals surface area contributed by atoms with Crippen LogP contribution in [0.15, 0.2) is 30.5 Å². The Kier molecular flexibility index (Phi) is 6.07. The number of ether oxygens (including phenoxy) is 2. The lowest BCUT2D eigenvalue weighted by Crippen LogP contribution is -2.38. The minimum absolute atomic E-state index is 0.0863. The zero-order valence-electron chi connectivity index (χ0n) is 15.0. The molecular weight excluding hydrogens is 318 g/mol. The maximum absolute atomic E-state index is 9.58. The van der Waals surface area contributed by atoms with Crippen molar-refractivity contribution in [1.82, 2.24) is 14.7 Å². The maximum atomic E-state index is 9.58. The van der Waals surface area contributed by atoms with E-state index in [1.165, 1.54) is 5.56 Å². The third-order valence-electron chi connectivity index (χ3n) is 4.52. The number of aliphatic hydroxyl groups excluding tert-OH is 1. The highest BCUT2D eigenvalue weighted by atomic mass is 16.5. The average Bonchev–Trinajstić information content (AvgIpc) is 3.05. The van der Waals surface area contributed by atoms with Gasteiger partial charge in [-0.05, 0) is 23.6 Å². The number of hydrogen-bond donors (Lipinski definition) is 1. The Bertz CT molecular complexity index is 661. The van der Waals surface area contributed by atoms with Gasteiger partial charge in [-0.2, -0.15) is 5.10 Å². The van der Waals surface area contributed by atoms with E-state index in [-0.39, 0.29) is 6.61 Å². The minimum Gasteiger partial charge on any atom is -0.476 e. The molecule has 0 amide bonds. The van der Waals surface area contributed by atoms with Crippen molar-refractivity contribution in [1.29, 1.82) is 0 Å². The Morgan fingerprint density at radius 1 is 1.20 bits per heavy atom. The molecule has 1 saturated heterocycles. The molecule has 1 N–H and O–H groups in total. The van der Waals surface area contributed by atoms with Crippen molar-refractivity contribution in [3.63, 3.8) is 0 Å². The maximum Gasteiger partial charge on any atom is 0.222 e. The molecular formula is C19H27N3O3. The third-order valence-corrected chi connectivity index (χ3v) is 4.52. The van der Waals surface area contributed by atoms with Gasteiger partial charge in [-0.1, -0.05) is 26.0 Å². The Morgan fingerprint density at radius 3 is 2.56 bits per heavy atom. The van der Waals surface area contributed by atoms with E-state index in [1.807, 2.05) is 12.1 Å². The summed E-state index contributed by atoms with van der Waals surface area (Å²) in [5.41, 5.74) is 2.92. The standard InChI is InChI=1S/C19H27N3O3/c1-15(2)16-3-5-18(6-4-16)22-19(17(14-23)13-20-22)25-12-9-21-7-10-24-11-8-21/h3-6,13,15,23H,7-12,14H2,1-2H3. The van der Waals surface area contributed by atoms with Crippen LogP contribution >= 0.6 is 0 Å². The number of nitrogens with zero attached hydrogens (tertiary/aromatic N) is 3. The van der Waals surface area contributed by atoms with Gasteiger partial charge in [0.25, 0.3) is 0 Å². The van der Waals surface area contributed by atoms with Crippen LogP contribution in [0.5, 0.6) is 5.88 Å². The summed E-state index contributed by atoms with van der Waals surface area (Å²) in [7, 11) is 0. The molecule has 2 aromatic rings. The van der Waals surface area contributed by atoms with Gasteiger partial charge in [0.2, 0.25) is 5.88 Å². The fraction of sp³-hybridized carbons (Fsp3) is 0.526. The van der Waals surface area contributed by atoms with E-state index in [9.17, 15) is 5.11 Å². The van der Waals surface area contributed by atoms with Crippen LogP contribution in [0.1, 0.15) is 30.9 Å². The number of benzene rings is 1. The second-order valence-corrected chi connectivity index (χ2v) is 6.59. The molecule has 2 heterocycles. The Morgan fingerprint density at radius 2 is 1.92 bits per heavy atom. The van der Waals surface area contributed by atoms with Crippen LogP contribution < -0.4 is 4.74 Å². The molecule has 1 aromatic heterocycles. The summed E-state index contributed by atoms with van der Waals surface area (Å²) in [6.07, 6.45) is 1.67. The SMILES string of the molecule is CC(C)c1ccc(-n2ncc(CO)c2OCCN2CCOCC2)cc1. The predicted octanol–water partition coefficient (Wildman–Crippen LogP) is 2.20. The lowest BCUT2D eigenvalue weighted by atomic mass is 10.0. The first-order chi connectivity index (χ1) is 12.2. The van der Waals surface area contributed by atoms with Gasteiger partial charge in [-0.15, -0.1) is 0 Å². The van der Waals surface area contributed by atoms with Crippen LogP contribution in [0.25, 0.3) is 5.69 Å². The van der Waals surface area contributed by atoms with Gasteiger partial charge >= 0.3 is 0 Å². The van der Waals surface area contributed by atoms with Gasteiger partial charge in [0.15, 0.2) is 0 Å². The topological polar surface area (TPSA) is 59.8 Å². The quantitative estimate of drug-likeness (QED) is 0.834. The zero-order valence-corrected chi connectivity index (χ0v) is 15.0. The van der Waals surface area contributed by atoms with Crippen molar-refractivity contribution in [2.45, 2.75) is 26.4 Å². The largest absolute Gasteiger partial charge is 0.476 e. The number of rotatable bonds is 7. The molecule has 25 heavy (non-hydrogen) atoms. The Labute approximate surface area is 149 Å². The molecule has 0 spiro atoms. The van der Waals surface area contributed by atoms with Crippen molar-refractivity contribution in [3.05, 3.63) is 41.6 Å². The molecule has 0 radical (unpaired) electrons. The molecule has 1 fully saturated rings. The number of hydrogen-bond acceptors (Lipinski definition) is 5. The normalized spacial score (nSPS) is 15.7. The predicted molar refractivity (Wildman–Crippen MR) is 96.3 cm³/mol. The van der Waals surface area contributed by atoms with Gasteiger partial charge in [0, 0.05) is 19.6 Å². The smallest absolute Gasteiger partial charge is 0.222 e. The minimum atomic E-state index is -0.0863. The second-order valence-electron chi connectivity index (χ2n) is 6.59. The van der Waals surface area contributed by atoms with E-state index >= 15 is 0 Å². The number of morpholine rings is 1. The monoisotopic (exact) mass is 345 g/mol. The van der Waals surface area contributed by atoms with Crippen LogP contribution in [0.2, 0.25) is 0 Å². The van der Waals surface area contributed by atoms with E-state index in [0.29, 0.717) is 24.0 Å². The summed E-state index contributed by atoms with van der Waals surface area (Å²) in [5, 5.41) is 14.0. The van der Waals surface area contributed by atoms with Crippen molar-refractivity contribution >= 4 is 0 Å². The molecule has 0 bridgehead atoms. The lowest BCUT2D eigenvalue weighted by molar-refractivity contribution is 0.0317. The average molecular weight is 345 g/mol. The Balaban J connectivity index is 1.70. The van der Waals surface area contributed by atoms with Gasteiger partial charge in [0.1, 0.15) is 6.61 Å². The number of aliphatic hydroxyl groups is 1. The number of aromatic nitrogens is 2. The molecule has 6 heteroatoms. The highest BCUT2D eigenvalue weighted by Crippen LogP contribution is 2.24. The van der Waals surface area contributed by atoms with Crippen LogP contribution in [0.4, 0.5) is 0 Å². The molecule has 1 aliphatic rings. The summed E-state index contributed by atoms with van der Waals surface area (Å²) in [5.74, 6) is 1.11. The molecule has 3 rings (SSSR count). The summed E-state index contributed by atoms with van der Waals surface area (Å²) in [4.78, 5) is 2.32. The van der Waals surface area contributed by atoms with Crippen molar-refractivity contribution in [2.75, 3.05) is 39.5 Å². The van der Waals surface area contributed by atoms with Gasteiger partial charge < -0.3 is 14.6 Å². The van der Waals surface area contributed by atoms with Gasteiger partial charge in [0.05, 0.1) is 37.3 Å². The van der Waals surface area contributed by atoms with E-state index < -0.39 is 0 Å². The third kappa shape index (κ3) is 4.39. The summed E-state index contributed by atoms with van der Waals surface area (Å²) in [6, 6.07) is 8.30. The van der Waals surface area contributed by atoms with Crippen LogP contribution in [-0.4, -0.2) is 59.2 Å². The molecule has 136 valence electrons. The first-order valence-corrected chi connectivity index (χ1v) is 8.90. The molecule has 1 aromatic carbocycles. The molecule has 0 saturated carbocycles. The second kappa shape index (κ2) is 8.47. The summed E-state index contributed by atoms with van der Waals surface area (Å²) < 4.78 is 13.1. The van der Waals surface area contributed by atoms with Crippen molar-refractivity contribution in [2.24, 2.45) is 0 Å². The van der Waals surface area contributed by atoms with Crippen LogP contribution in [0.3, 0.4) is 0 Å². The first kappa shape index (κ1) is 17.9. The Hall–Kier alpha value is -1.89. The highest BCUT2D eigenvalue weighted by molar-refractivity contribution is 5.40. The molecule has 0 atom stereocenters. The fourth-order valence-electron chi connectivity index (χ4n) is 2.91. The van der Waals surface area contributed by atoms with E-state index in [1.54, 1.807) is 10.9 Å². The highest BCUT2D eigenvalue weighted by Gasteiger charge is 2.15. The summed E-state index contributed by atoms with van der Waals surface area (Å²) >= 11 is 0. The molecule has 1 aliphatic heterocycles. The van der Waals surface area contributed by atoms with E-state index in [2.05, 4.69) is 36.0 Å². The molecule has 0 unspecified atom stereocenters. The van der Waals surface area contributed by atoms with Gasteiger partial charge in [-0.25, -0.2) is 4.68 Å². The van der Waals surface area contributed by atoms with Crippen LogP contribution in [0, 0.1) is 0 Å². The van der Waals surface area contributed by atoms with E-state index in [0.717, 1.165) is 38.5 Å². The van der Waals surface area contributed by atoms with Crippen molar-refractivity contribution in [3.8, 4) is 11.6 Å². The first-order valence-electron chi connectivity index (χ1n) is 8.90. The van der Waals surface area contributed by atoms with Gasteiger partial charge in [-0.3, -0.25) is 4.90 Å². The fourth-order valence-corrected chi connectivity index (χ4v) is 2.91.